The smallest absolute Gasteiger partial charge is 0.178 e. The fraction of sp³-hybridized carbons (Fsp3) is 0.273. The zero-order valence-electron chi connectivity index (χ0n) is 7.21. The Morgan fingerprint density at radius 2 is 2.17 bits per heavy atom. The second-order valence-electron chi connectivity index (χ2n) is 3.19. The molecular formula is C11H12O. The van der Waals surface area contributed by atoms with Crippen molar-refractivity contribution >= 4 is 5.78 Å². The first-order chi connectivity index (χ1) is 5.66. The Bertz CT molecular complexity index is 272. The Hall–Kier alpha value is -1.33. The van der Waals surface area contributed by atoms with E-state index in [0.717, 1.165) is 6.42 Å². The van der Waals surface area contributed by atoms with Crippen LogP contribution in [0.15, 0.2) is 42.7 Å². The summed E-state index contributed by atoms with van der Waals surface area (Å²) in [5.41, 5.74) is 2.69. The summed E-state index contributed by atoms with van der Waals surface area (Å²) in [7, 11) is 0. The molecule has 1 rings (SSSR count). The van der Waals surface area contributed by atoms with Gasteiger partial charge in [0.25, 0.3) is 0 Å². The van der Waals surface area contributed by atoms with Crippen LogP contribution in [0.4, 0.5) is 0 Å². The number of hydrogen-bond acceptors (Lipinski definition) is 1. The summed E-state index contributed by atoms with van der Waals surface area (Å²) in [6.07, 6.45) is 9.78. The SMILES string of the molecule is C=C=CCC1(C)C=CC(=O)C=C1. The number of hydrogen-bond donors (Lipinski definition) is 0. The molecule has 0 aliphatic heterocycles. The van der Waals surface area contributed by atoms with Crippen LogP contribution in [-0.4, -0.2) is 5.78 Å². The number of carbonyl (C=O) groups excluding carboxylic acids is 1. The second kappa shape index (κ2) is 3.38. The molecule has 0 amide bonds. The van der Waals surface area contributed by atoms with Crippen LogP contribution in [0.3, 0.4) is 0 Å². The highest BCUT2D eigenvalue weighted by Gasteiger charge is 2.18. The first kappa shape index (κ1) is 8.76. The molecule has 0 bridgehead atoms. The predicted molar refractivity (Wildman–Crippen MR) is 49.7 cm³/mol. The van der Waals surface area contributed by atoms with Gasteiger partial charge in [-0.1, -0.05) is 25.7 Å². The molecule has 0 radical (unpaired) electrons. The lowest BCUT2D eigenvalue weighted by molar-refractivity contribution is -0.110. The van der Waals surface area contributed by atoms with E-state index in [0.29, 0.717) is 0 Å². The molecule has 1 aliphatic rings. The van der Waals surface area contributed by atoms with E-state index < -0.39 is 0 Å². The van der Waals surface area contributed by atoms with Crippen LogP contribution in [-0.2, 0) is 4.79 Å². The topological polar surface area (TPSA) is 17.1 Å². The predicted octanol–water partition coefficient (Wildman–Crippen LogP) is 2.42. The summed E-state index contributed by atoms with van der Waals surface area (Å²) in [5.74, 6) is 0.0649. The van der Waals surface area contributed by atoms with Gasteiger partial charge in [-0.25, -0.2) is 0 Å². The second-order valence-corrected chi connectivity index (χ2v) is 3.19. The van der Waals surface area contributed by atoms with Crippen LogP contribution in [0.25, 0.3) is 0 Å². The van der Waals surface area contributed by atoms with Crippen molar-refractivity contribution in [3.63, 3.8) is 0 Å². The van der Waals surface area contributed by atoms with E-state index in [2.05, 4.69) is 19.2 Å². The molecule has 0 aromatic carbocycles. The van der Waals surface area contributed by atoms with Crippen LogP contribution in [0, 0.1) is 5.41 Å². The molecule has 0 aromatic heterocycles. The van der Waals surface area contributed by atoms with Crippen molar-refractivity contribution in [1.82, 2.24) is 0 Å². The molecule has 1 nitrogen and oxygen atoms in total. The number of carbonyl (C=O) groups is 1. The molecule has 1 aliphatic carbocycles. The highest BCUT2D eigenvalue weighted by atomic mass is 16.1. The molecule has 0 heterocycles. The first-order valence-electron chi connectivity index (χ1n) is 3.93. The third-order valence-corrected chi connectivity index (χ3v) is 1.94. The summed E-state index contributed by atoms with van der Waals surface area (Å²) in [6, 6.07) is 0. The lowest BCUT2D eigenvalue weighted by Gasteiger charge is -2.21. The molecule has 0 saturated heterocycles. The Morgan fingerprint density at radius 3 is 2.67 bits per heavy atom. The molecule has 1 heteroatoms. The van der Waals surface area contributed by atoms with Gasteiger partial charge < -0.3 is 0 Å². The van der Waals surface area contributed by atoms with E-state index in [1.54, 1.807) is 12.2 Å². The quantitative estimate of drug-likeness (QED) is 0.567. The molecule has 0 N–H and O–H groups in total. The molecule has 0 fully saturated rings. The van der Waals surface area contributed by atoms with Gasteiger partial charge in [-0.2, -0.15) is 0 Å². The van der Waals surface area contributed by atoms with E-state index in [1.807, 2.05) is 18.2 Å². The van der Waals surface area contributed by atoms with Gasteiger partial charge in [0.05, 0.1) is 0 Å². The van der Waals surface area contributed by atoms with Gasteiger partial charge in [-0.3, -0.25) is 4.79 Å². The fourth-order valence-corrected chi connectivity index (χ4v) is 1.08. The van der Waals surface area contributed by atoms with Crippen molar-refractivity contribution in [2.24, 2.45) is 5.41 Å². The van der Waals surface area contributed by atoms with Crippen molar-refractivity contribution in [3.8, 4) is 0 Å². The summed E-state index contributed by atoms with van der Waals surface area (Å²) in [5, 5.41) is 0. The lowest BCUT2D eigenvalue weighted by Crippen LogP contribution is -2.12. The Balaban J connectivity index is 2.74. The maximum Gasteiger partial charge on any atom is 0.178 e. The van der Waals surface area contributed by atoms with E-state index in [4.69, 9.17) is 0 Å². The van der Waals surface area contributed by atoms with E-state index in [9.17, 15) is 4.79 Å². The van der Waals surface area contributed by atoms with Crippen LogP contribution < -0.4 is 0 Å². The lowest BCUT2D eigenvalue weighted by atomic mass is 9.83. The molecular weight excluding hydrogens is 148 g/mol. The number of rotatable bonds is 2. The molecule has 0 aromatic rings. The molecule has 0 spiro atoms. The van der Waals surface area contributed by atoms with Crippen molar-refractivity contribution in [2.45, 2.75) is 13.3 Å². The molecule has 0 unspecified atom stereocenters. The molecule has 12 heavy (non-hydrogen) atoms. The minimum atomic E-state index is -0.0292. The van der Waals surface area contributed by atoms with Gasteiger partial charge in [-0.15, -0.1) is 5.73 Å². The van der Waals surface area contributed by atoms with Gasteiger partial charge in [0.1, 0.15) is 0 Å². The zero-order chi connectivity index (χ0) is 9.03. The Morgan fingerprint density at radius 1 is 1.58 bits per heavy atom. The average molecular weight is 160 g/mol. The minimum absolute atomic E-state index is 0.0292. The van der Waals surface area contributed by atoms with Gasteiger partial charge >= 0.3 is 0 Å². The maximum absolute atomic E-state index is 10.8. The van der Waals surface area contributed by atoms with E-state index in [1.165, 1.54) is 0 Å². The van der Waals surface area contributed by atoms with Crippen LogP contribution in [0.2, 0.25) is 0 Å². The van der Waals surface area contributed by atoms with Crippen LogP contribution in [0.5, 0.6) is 0 Å². The standard InChI is InChI=1S/C11H12O/c1-3-4-7-11(2)8-5-10(12)6-9-11/h4-6,8-9H,1,7H2,2H3. The third-order valence-electron chi connectivity index (χ3n) is 1.94. The largest absolute Gasteiger partial charge is 0.290 e. The Labute approximate surface area is 72.8 Å². The summed E-state index contributed by atoms with van der Waals surface area (Å²) in [6.45, 7) is 5.57. The average Bonchev–Trinajstić information content (AvgIpc) is 2.08. The van der Waals surface area contributed by atoms with Crippen molar-refractivity contribution < 1.29 is 4.79 Å². The van der Waals surface area contributed by atoms with Gasteiger partial charge in [0, 0.05) is 5.41 Å². The van der Waals surface area contributed by atoms with E-state index >= 15 is 0 Å². The highest BCUT2D eigenvalue weighted by Crippen LogP contribution is 2.27. The normalized spacial score (nSPS) is 18.9. The number of allylic oxidation sites excluding steroid dienone is 5. The maximum atomic E-state index is 10.8. The van der Waals surface area contributed by atoms with E-state index in [-0.39, 0.29) is 11.2 Å². The van der Waals surface area contributed by atoms with Crippen LogP contribution >= 0.6 is 0 Å². The zero-order valence-corrected chi connectivity index (χ0v) is 7.21. The van der Waals surface area contributed by atoms with Gasteiger partial charge in [-0.05, 0) is 24.6 Å². The summed E-state index contributed by atoms with van der Waals surface area (Å²) in [4.78, 5) is 10.8. The highest BCUT2D eigenvalue weighted by molar-refractivity contribution is 6.00. The van der Waals surface area contributed by atoms with Crippen LogP contribution in [0.1, 0.15) is 13.3 Å². The first-order valence-corrected chi connectivity index (χ1v) is 3.93. The van der Waals surface area contributed by atoms with Crippen molar-refractivity contribution in [1.29, 1.82) is 0 Å². The number of ketones is 1. The minimum Gasteiger partial charge on any atom is -0.290 e. The summed E-state index contributed by atoms with van der Waals surface area (Å²) < 4.78 is 0. The Kier molecular flexibility index (Phi) is 2.47. The van der Waals surface area contributed by atoms with Crippen molar-refractivity contribution in [3.05, 3.63) is 42.7 Å². The fourth-order valence-electron chi connectivity index (χ4n) is 1.08. The molecule has 0 atom stereocenters. The third kappa shape index (κ3) is 2.08. The van der Waals surface area contributed by atoms with Crippen molar-refractivity contribution in [2.75, 3.05) is 0 Å². The monoisotopic (exact) mass is 160 g/mol. The molecule has 0 saturated carbocycles. The summed E-state index contributed by atoms with van der Waals surface area (Å²) >= 11 is 0. The van der Waals surface area contributed by atoms with Gasteiger partial charge in [0.15, 0.2) is 5.78 Å². The molecule has 62 valence electrons. The van der Waals surface area contributed by atoms with Gasteiger partial charge in [0.2, 0.25) is 0 Å².